The number of fused-ring (bicyclic) bond motifs is 2. The van der Waals surface area contributed by atoms with E-state index in [0.717, 1.165) is 30.6 Å². The highest BCUT2D eigenvalue weighted by Crippen LogP contribution is 2.89. The van der Waals surface area contributed by atoms with Gasteiger partial charge < -0.3 is 10.2 Å². The predicted molar refractivity (Wildman–Crippen MR) is 132 cm³/mol. The fourth-order valence-electron chi connectivity index (χ4n) is 11.0. The van der Waals surface area contributed by atoms with Crippen molar-refractivity contribution in [2.45, 2.75) is 124 Å². The molecule has 32 heavy (non-hydrogen) atoms. The Labute approximate surface area is 197 Å². The summed E-state index contributed by atoms with van der Waals surface area (Å²) in [5.41, 5.74) is 1.44. The summed E-state index contributed by atoms with van der Waals surface area (Å²) >= 11 is 0. The van der Waals surface area contributed by atoms with E-state index >= 15 is 0 Å². The highest BCUT2D eigenvalue weighted by molar-refractivity contribution is 5.30. The van der Waals surface area contributed by atoms with Crippen molar-refractivity contribution in [3.8, 4) is 0 Å². The Morgan fingerprint density at radius 2 is 1.53 bits per heavy atom. The zero-order valence-corrected chi connectivity index (χ0v) is 22.0. The molecule has 0 bridgehead atoms. The van der Waals surface area contributed by atoms with Crippen molar-refractivity contribution < 1.29 is 10.2 Å². The van der Waals surface area contributed by atoms with Crippen LogP contribution in [0.4, 0.5) is 0 Å². The van der Waals surface area contributed by atoms with Crippen molar-refractivity contribution in [3.63, 3.8) is 0 Å². The Balaban J connectivity index is 1.40. The van der Waals surface area contributed by atoms with Gasteiger partial charge in [0, 0.05) is 0 Å². The maximum Gasteiger partial charge on any atom is 0.0771 e. The molecule has 0 aromatic carbocycles. The third-order valence-electron chi connectivity index (χ3n) is 12.9. The SMILES string of the molecule is C[C@@H](C/C=C/C(C)(C)O)[C@H]1CC[C@]2(C)[C@@H]3CC[C@@H]4C(C)(C)[C@@H](O)CC[C@@]45C[C@@]35CC[C@]12C. The van der Waals surface area contributed by atoms with Crippen LogP contribution in [0.15, 0.2) is 12.2 Å². The Morgan fingerprint density at radius 3 is 2.22 bits per heavy atom. The van der Waals surface area contributed by atoms with Crippen molar-refractivity contribution in [3.05, 3.63) is 12.2 Å². The van der Waals surface area contributed by atoms with Crippen LogP contribution in [0.5, 0.6) is 0 Å². The highest BCUT2D eigenvalue weighted by Gasteiger charge is 2.82. The van der Waals surface area contributed by atoms with Gasteiger partial charge >= 0.3 is 0 Å². The second-order valence-electron chi connectivity index (χ2n) is 14.8. The van der Waals surface area contributed by atoms with Crippen LogP contribution in [0.25, 0.3) is 0 Å². The zero-order chi connectivity index (χ0) is 23.4. The van der Waals surface area contributed by atoms with Crippen LogP contribution in [0.1, 0.15) is 113 Å². The van der Waals surface area contributed by atoms with Gasteiger partial charge in [0.25, 0.3) is 0 Å². The summed E-state index contributed by atoms with van der Waals surface area (Å²) in [4.78, 5) is 0. The number of aliphatic hydroxyl groups is 2. The van der Waals surface area contributed by atoms with Gasteiger partial charge in [0.1, 0.15) is 0 Å². The standard InChI is InChI=1S/C30H50O2/c1-20(9-8-14-25(2,3)32)21-12-15-28(7)23-11-10-22-26(4,5)24(31)13-16-29(22)19-30(23,29)18-17-27(21,28)6/h8,14,20-24,31-32H,9-13,15-19H2,1-7H3/b14-8+/t20-,21+,22+,23-,24-,27+,28+,29+,30-/m0/s1. The Hall–Kier alpha value is -0.340. The first-order valence-corrected chi connectivity index (χ1v) is 13.8. The molecule has 0 aliphatic heterocycles. The van der Waals surface area contributed by atoms with Crippen LogP contribution in [0.3, 0.4) is 0 Å². The molecule has 0 radical (unpaired) electrons. The van der Waals surface area contributed by atoms with Gasteiger partial charge in [0.05, 0.1) is 11.7 Å². The van der Waals surface area contributed by atoms with Crippen molar-refractivity contribution in [2.75, 3.05) is 0 Å². The largest absolute Gasteiger partial charge is 0.393 e. The van der Waals surface area contributed by atoms with Gasteiger partial charge in [-0.2, -0.15) is 0 Å². The molecule has 0 saturated heterocycles. The average molecular weight is 443 g/mol. The molecule has 9 atom stereocenters. The van der Waals surface area contributed by atoms with Crippen LogP contribution >= 0.6 is 0 Å². The fourth-order valence-corrected chi connectivity index (χ4v) is 11.0. The van der Waals surface area contributed by atoms with Gasteiger partial charge in [0.15, 0.2) is 0 Å². The fraction of sp³-hybridized carbons (Fsp3) is 0.933. The summed E-state index contributed by atoms with van der Waals surface area (Å²) < 4.78 is 0. The molecule has 5 fully saturated rings. The van der Waals surface area contributed by atoms with Gasteiger partial charge in [-0.15, -0.1) is 0 Å². The molecule has 0 amide bonds. The van der Waals surface area contributed by atoms with E-state index in [1.165, 1.54) is 51.4 Å². The molecule has 182 valence electrons. The van der Waals surface area contributed by atoms with Gasteiger partial charge in [-0.25, -0.2) is 0 Å². The van der Waals surface area contributed by atoms with Crippen molar-refractivity contribution in [1.82, 2.24) is 0 Å². The molecule has 5 aliphatic rings. The average Bonchev–Trinajstić information content (AvgIpc) is 3.27. The van der Waals surface area contributed by atoms with E-state index in [4.69, 9.17) is 0 Å². The van der Waals surface area contributed by atoms with Crippen LogP contribution < -0.4 is 0 Å². The Bertz CT molecular complexity index is 791. The van der Waals surface area contributed by atoms with E-state index in [9.17, 15) is 10.2 Å². The number of rotatable bonds is 4. The highest BCUT2D eigenvalue weighted by atomic mass is 16.3. The Morgan fingerprint density at radius 1 is 0.875 bits per heavy atom. The molecular formula is C30H50O2. The monoisotopic (exact) mass is 442 g/mol. The summed E-state index contributed by atoms with van der Waals surface area (Å²) in [6, 6.07) is 0. The molecule has 5 rings (SSSR count). The number of hydrogen-bond acceptors (Lipinski definition) is 2. The predicted octanol–water partition coefficient (Wildman–Crippen LogP) is 7.14. The van der Waals surface area contributed by atoms with E-state index in [1.807, 2.05) is 19.9 Å². The van der Waals surface area contributed by atoms with Crippen LogP contribution in [0, 0.1) is 50.7 Å². The van der Waals surface area contributed by atoms with Crippen LogP contribution in [-0.4, -0.2) is 21.9 Å². The van der Waals surface area contributed by atoms with Crippen molar-refractivity contribution >= 4 is 0 Å². The minimum absolute atomic E-state index is 0.0912. The molecule has 2 spiro atoms. The maximum absolute atomic E-state index is 10.8. The quantitative estimate of drug-likeness (QED) is 0.454. The maximum atomic E-state index is 10.8. The van der Waals surface area contributed by atoms with Gasteiger partial charge in [-0.05, 0) is 129 Å². The second-order valence-corrected chi connectivity index (χ2v) is 14.8. The van der Waals surface area contributed by atoms with E-state index in [-0.39, 0.29) is 11.5 Å². The molecule has 0 unspecified atom stereocenters. The topological polar surface area (TPSA) is 40.5 Å². The van der Waals surface area contributed by atoms with Gasteiger partial charge in [-0.1, -0.05) is 46.8 Å². The van der Waals surface area contributed by atoms with Crippen LogP contribution in [0.2, 0.25) is 0 Å². The first-order chi connectivity index (χ1) is 14.7. The summed E-state index contributed by atoms with van der Waals surface area (Å²) in [5, 5.41) is 20.9. The minimum atomic E-state index is -0.703. The van der Waals surface area contributed by atoms with Crippen molar-refractivity contribution in [2.24, 2.45) is 50.7 Å². The first-order valence-electron chi connectivity index (χ1n) is 13.8. The molecular weight excluding hydrogens is 392 g/mol. The van der Waals surface area contributed by atoms with E-state index in [2.05, 4.69) is 40.7 Å². The molecule has 2 nitrogen and oxygen atoms in total. The van der Waals surface area contributed by atoms with Crippen molar-refractivity contribution in [1.29, 1.82) is 0 Å². The lowest BCUT2D eigenvalue weighted by Gasteiger charge is -2.63. The van der Waals surface area contributed by atoms with E-state index < -0.39 is 5.60 Å². The number of allylic oxidation sites excluding steroid dienone is 1. The molecule has 2 heteroatoms. The normalized spacial score (nSPS) is 52.7. The summed E-state index contributed by atoms with van der Waals surface area (Å²) in [7, 11) is 0. The third-order valence-corrected chi connectivity index (χ3v) is 12.9. The van der Waals surface area contributed by atoms with Crippen LogP contribution in [-0.2, 0) is 0 Å². The minimum Gasteiger partial charge on any atom is -0.393 e. The lowest BCUT2D eigenvalue weighted by atomic mass is 9.42. The second kappa shape index (κ2) is 6.87. The molecule has 0 aromatic heterocycles. The molecule has 0 aromatic rings. The molecule has 5 saturated carbocycles. The van der Waals surface area contributed by atoms with Gasteiger partial charge in [-0.3, -0.25) is 0 Å². The molecule has 0 heterocycles. The van der Waals surface area contributed by atoms with E-state index in [0.29, 0.717) is 27.6 Å². The summed E-state index contributed by atoms with van der Waals surface area (Å²) in [6.07, 6.45) is 17.4. The zero-order valence-electron chi connectivity index (χ0n) is 22.0. The summed E-state index contributed by atoms with van der Waals surface area (Å²) in [6.45, 7) is 16.3. The van der Waals surface area contributed by atoms with E-state index in [1.54, 1.807) is 0 Å². The third kappa shape index (κ3) is 2.84. The lowest BCUT2D eigenvalue weighted by molar-refractivity contribution is -0.161. The molecule has 5 aliphatic carbocycles. The summed E-state index contributed by atoms with van der Waals surface area (Å²) in [5.74, 6) is 3.10. The number of aliphatic hydroxyl groups excluding tert-OH is 1. The molecule has 2 N–H and O–H groups in total. The number of hydrogen-bond donors (Lipinski definition) is 2. The first kappa shape index (κ1) is 23.4. The van der Waals surface area contributed by atoms with Gasteiger partial charge in [0.2, 0.25) is 0 Å². The Kier molecular flexibility index (Phi) is 5.02. The lowest BCUT2D eigenvalue weighted by Crippen LogP contribution is -2.57. The smallest absolute Gasteiger partial charge is 0.0771 e.